The fraction of sp³-hybridized carbons (Fsp3) is 0.588. The maximum absolute atomic E-state index is 12.1. The Bertz CT molecular complexity index is 724. The fourth-order valence-electron chi connectivity index (χ4n) is 3.38. The lowest BCUT2D eigenvalue weighted by Crippen LogP contribution is -2.59. The van der Waals surface area contributed by atoms with Gasteiger partial charge in [0.1, 0.15) is 0 Å². The van der Waals surface area contributed by atoms with E-state index in [-0.39, 0.29) is 11.4 Å². The summed E-state index contributed by atoms with van der Waals surface area (Å²) >= 11 is 1.43. The molecule has 0 saturated carbocycles. The Labute approximate surface area is 152 Å². The molecule has 1 fully saturated rings. The van der Waals surface area contributed by atoms with Gasteiger partial charge in [-0.15, -0.1) is 21.5 Å². The van der Waals surface area contributed by atoms with Crippen molar-refractivity contribution in [3.63, 3.8) is 0 Å². The summed E-state index contributed by atoms with van der Waals surface area (Å²) in [6.45, 7) is 11.0. The van der Waals surface area contributed by atoms with Crippen LogP contribution in [-0.4, -0.2) is 57.3 Å². The van der Waals surface area contributed by atoms with E-state index in [2.05, 4.69) is 46.1 Å². The number of carbonyl (C=O) groups excluding carboxylic acids is 1. The van der Waals surface area contributed by atoms with Crippen molar-refractivity contribution in [1.29, 1.82) is 0 Å². The molecule has 25 heavy (non-hydrogen) atoms. The van der Waals surface area contributed by atoms with Crippen molar-refractivity contribution in [3.8, 4) is 0 Å². The maximum atomic E-state index is 12.1. The molecule has 0 radical (unpaired) electrons. The van der Waals surface area contributed by atoms with E-state index in [1.807, 2.05) is 29.1 Å². The molecule has 1 N–H and O–H groups in total. The number of nitrogens with one attached hydrogen (secondary N) is 1. The van der Waals surface area contributed by atoms with Gasteiger partial charge in [-0.1, -0.05) is 13.0 Å². The Hall–Kier alpha value is -1.93. The molecular weight excluding hydrogens is 336 g/mol. The number of hydrogen-bond donors (Lipinski definition) is 1. The molecule has 3 heterocycles. The summed E-state index contributed by atoms with van der Waals surface area (Å²) in [5.74, 6) is 1.55. The van der Waals surface area contributed by atoms with Gasteiger partial charge in [-0.25, -0.2) is 0 Å². The minimum atomic E-state index is -0.0720. The Morgan fingerprint density at radius 2 is 2.16 bits per heavy atom. The van der Waals surface area contributed by atoms with Crippen LogP contribution in [0.5, 0.6) is 0 Å². The molecule has 0 bridgehead atoms. The normalized spacial score (nSPS) is 17.7. The summed E-state index contributed by atoms with van der Waals surface area (Å²) in [5, 5.41) is 13.5. The van der Waals surface area contributed by atoms with E-state index >= 15 is 0 Å². The third kappa shape index (κ3) is 3.69. The molecule has 0 aromatic carbocycles. The summed E-state index contributed by atoms with van der Waals surface area (Å²) in [4.78, 5) is 17.6. The van der Waals surface area contributed by atoms with Gasteiger partial charge in [0, 0.05) is 32.2 Å². The number of hydrogen-bond acceptors (Lipinski definition) is 6. The van der Waals surface area contributed by atoms with Gasteiger partial charge in [-0.3, -0.25) is 14.3 Å². The van der Waals surface area contributed by atoms with Crippen LogP contribution in [0, 0.1) is 0 Å². The zero-order valence-corrected chi connectivity index (χ0v) is 16.1. The quantitative estimate of drug-likeness (QED) is 0.877. The first kappa shape index (κ1) is 17.9. The number of piperazine rings is 1. The fourth-order valence-corrected chi connectivity index (χ4v) is 4.02. The van der Waals surface area contributed by atoms with Gasteiger partial charge in [-0.2, -0.15) is 0 Å². The average molecular weight is 363 g/mol. The summed E-state index contributed by atoms with van der Waals surface area (Å²) in [6.07, 6.45) is 0. The smallest absolute Gasteiger partial charge is 0.261 e. The number of likely N-dealkylation sites (N-methyl/N-ethyl adjacent to an activating group) is 1. The van der Waals surface area contributed by atoms with Crippen LogP contribution >= 0.6 is 11.3 Å². The highest BCUT2D eigenvalue weighted by molar-refractivity contribution is 7.12. The Morgan fingerprint density at radius 3 is 2.80 bits per heavy atom. The van der Waals surface area contributed by atoms with Crippen molar-refractivity contribution < 1.29 is 4.79 Å². The van der Waals surface area contributed by atoms with E-state index in [0.717, 1.165) is 38.0 Å². The van der Waals surface area contributed by atoms with E-state index in [1.54, 1.807) is 0 Å². The number of amides is 1. The van der Waals surface area contributed by atoms with Crippen LogP contribution in [0.25, 0.3) is 0 Å². The molecule has 0 spiro atoms. The van der Waals surface area contributed by atoms with E-state index in [9.17, 15) is 4.79 Å². The molecule has 1 amide bonds. The second-order valence-corrected chi connectivity index (χ2v) is 7.90. The zero-order chi connectivity index (χ0) is 18.0. The number of anilines is 1. The summed E-state index contributed by atoms with van der Waals surface area (Å²) < 4.78 is 1.98. The molecule has 1 aliphatic rings. The number of nitrogens with zero attached hydrogens (tertiary/aromatic N) is 5. The van der Waals surface area contributed by atoms with Crippen molar-refractivity contribution in [2.75, 3.05) is 31.1 Å². The lowest BCUT2D eigenvalue weighted by molar-refractivity contribution is 0.0953. The molecule has 2 aromatic rings. The third-order valence-electron chi connectivity index (χ3n) is 4.83. The Kier molecular flexibility index (Phi) is 5.10. The topological polar surface area (TPSA) is 66.3 Å². The molecule has 1 saturated heterocycles. The first-order valence-electron chi connectivity index (χ1n) is 8.62. The lowest BCUT2D eigenvalue weighted by atomic mass is 9.99. The summed E-state index contributed by atoms with van der Waals surface area (Å²) in [5.41, 5.74) is 0.104. The molecule has 8 heteroatoms. The second kappa shape index (κ2) is 7.13. The van der Waals surface area contributed by atoms with Crippen molar-refractivity contribution in [2.24, 2.45) is 7.05 Å². The molecular formula is C17H26N6OS. The van der Waals surface area contributed by atoms with Gasteiger partial charge in [0.05, 0.1) is 11.4 Å². The minimum absolute atomic E-state index is 0.0720. The predicted octanol–water partition coefficient (Wildman–Crippen LogP) is 1.73. The van der Waals surface area contributed by atoms with Crippen LogP contribution < -0.4 is 10.2 Å². The van der Waals surface area contributed by atoms with Gasteiger partial charge in [0.25, 0.3) is 5.91 Å². The monoisotopic (exact) mass is 362 g/mol. The number of rotatable bonds is 5. The molecule has 2 aromatic heterocycles. The first-order chi connectivity index (χ1) is 11.9. The third-order valence-corrected chi connectivity index (χ3v) is 5.70. The number of carbonyl (C=O) groups is 1. The summed E-state index contributed by atoms with van der Waals surface area (Å²) in [7, 11) is 1.96. The Morgan fingerprint density at radius 1 is 1.36 bits per heavy atom. The van der Waals surface area contributed by atoms with Crippen molar-refractivity contribution in [1.82, 2.24) is 25.0 Å². The summed E-state index contributed by atoms with van der Waals surface area (Å²) in [6, 6.07) is 3.69. The van der Waals surface area contributed by atoms with Crippen LogP contribution in [0.2, 0.25) is 0 Å². The molecule has 0 unspecified atom stereocenters. The molecule has 3 rings (SSSR count). The highest BCUT2D eigenvalue weighted by Crippen LogP contribution is 2.24. The Balaban J connectivity index is 1.66. The number of aromatic nitrogens is 3. The van der Waals surface area contributed by atoms with Crippen molar-refractivity contribution >= 4 is 23.2 Å². The lowest BCUT2D eigenvalue weighted by Gasteiger charge is -2.46. The molecule has 0 atom stereocenters. The zero-order valence-electron chi connectivity index (χ0n) is 15.3. The van der Waals surface area contributed by atoms with Crippen molar-refractivity contribution in [3.05, 3.63) is 28.2 Å². The van der Waals surface area contributed by atoms with Gasteiger partial charge in [0.15, 0.2) is 5.82 Å². The standard InChI is InChI=1S/C17H26N6OS/c1-5-23-9-8-22(12-17(23,2)3)16-20-19-14(21(16)4)11-18-15(24)13-7-6-10-25-13/h6-7,10H,5,8-9,11-12H2,1-4H3,(H,18,24). The van der Waals surface area contributed by atoms with Gasteiger partial charge in [-0.05, 0) is 31.8 Å². The number of thiophene rings is 1. The maximum Gasteiger partial charge on any atom is 0.261 e. The van der Waals surface area contributed by atoms with E-state index in [1.165, 1.54) is 11.3 Å². The van der Waals surface area contributed by atoms with Crippen LogP contribution in [0.4, 0.5) is 5.95 Å². The van der Waals surface area contributed by atoms with E-state index < -0.39 is 0 Å². The van der Waals surface area contributed by atoms with Gasteiger partial charge >= 0.3 is 0 Å². The van der Waals surface area contributed by atoms with Gasteiger partial charge in [0.2, 0.25) is 5.95 Å². The average Bonchev–Trinajstić information content (AvgIpc) is 3.22. The van der Waals surface area contributed by atoms with Crippen LogP contribution in [-0.2, 0) is 13.6 Å². The SMILES string of the molecule is CCN1CCN(c2nnc(CNC(=O)c3cccs3)n2C)CC1(C)C. The molecule has 7 nitrogen and oxygen atoms in total. The van der Waals surface area contributed by atoms with Gasteiger partial charge < -0.3 is 10.2 Å². The van der Waals surface area contributed by atoms with Crippen molar-refractivity contribution in [2.45, 2.75) is 32.9 Å². The van der Waals surface area contributed by atoms with Crippen LogP contribution in [0.15, 0.2) is 17.5 Å². The highest BCUT2D eigenvalue weighted by atomic mass is 32.1. The largest absolute Gasteiger partial charge is 0.344 e. The molecule has 1 aliphatic heterocycles. The first-order valence-corrected chi connectivity index (χ1v) is 9.50. The second-order valence-electron chi connectivity index (χ2n) is 6.95. The predicted molar refractivity (Wildman–Crippen MR) is 100 cm³/mol. The minimum Gasteiger partial charge on any atom is -0.344 e. The highest BCUT2D eigenvalue weighted by Gasteiger charge is 2.34. The molecule has 0 aliphatic carbocycles. The van der Waals surface area contributed by atoms with Crippen LogP contribution in [0.3, 0.4) is 0 Å². The van der Waals surface area contributed by atoms with E-state index in [4.69, 9.17) is 0 Å². The van der Waals surface area contributed by atoms with E-state index in [0.29, 0.717) is 11.4 Å². The van der Waals surface area contributed by atoms with Crippen LogP contribution in [0.1, 0.15) is 36.3 Å². The molecule has 136 valence electrons.